The van der Waals surface area contributed by atoms with Crippen LogP contribution < -0.4 is 0 Å². The maximum atomic E-state index is 13.0. The van der Waals surface area contributed by atoms with Crippen LogP contribution in [-0.4, -0.2) is 16.4 Å². The molecule has 0 fully saturated rings. The zero-order valence-corrected chi connectivity index (χ0v) is 6.59. The van der Waals surface area contributed by atoms with Crippen LogP contribution in [0.5, 0.6) is 0 Å². The fraction of sp³-hybridized carbons (Fsp3) is 0.143. The summed E-state index contributed by atoms with van der Waals surface area (Å²) in [6, 6.07) is 0.504. The monoisotopic (exact) mass is 208 g/mol. The molecule has 0 saturated heterocycles. The predicted octanol–water partition coefficient (Wildman–Crippen LogP) is 2.05. The molecule has 0 radical (unpaired) electrons. The summed E-state index contributed by atoms with van der Waals surface area (Å²) < 4.78 is 49.3. The molecule has 0 aliphatic heterocycles. The van der Waals surface area contributed by atoms with Crippen molar-refractivity contribution in [2.45, 2.75) is 6.18 Å². The third kappa shape index (κ3) is 1.98. The van der Waals surface area contributed by atoms with Gasteiger partial charge in [0.05, 0.1) is 11.8 Å². The zero-order valence-electron chi connectivity index (χ0n) is 6.59. The maximum absolute atomic E-state index is 13.0. The van der Waals surface area contributed by atoms with E-state index in [4.69, 9.17) is 5.21 Å². The van der Waals surface area contributed by atoms with Crippen LogP contribution >= 0.6 is 0 Å². The van der Waals surface area contributed by atoms with Crippen molar-refractivity contribution >= 4 is 6.21 Å². The largest absolute Gasteiger partial charge is 0.419 e. The van der Waals surface area contributed by atoms with Gasteiger partial charge in [0.25, 0.3) is 0 Å². The van der Waals surface area contributed by atoms with Gasteiger partial charge in [-0.15, -0.1) is 0 Å². The van der Waals surface area contributed by atoms with Crippen LogP contribution in [0.25, 0.3) is 0 Å². The average molecular weight is 208 g/mol. The van der Waals surface area contributed by atoms with Crippen LogP contribution in [0.2, 0.25) is 0 Å². The first kappa shape index (κ1) is 10.4. The molecule has 1 N–H and O–H groups in total. The van der Waals surface area contributed by atoms with Gasteiger partial charge in [-0.2, -0.15) is 13.2 Å². The minimum atomic E-state index is -4.79. The Kier molecular flexibility index (Phi) is 2.68. The average Bonchev–Trinajstić information content (AvgIpc) is 2.07. The molecule has 1 rings (SSSR count). The van der Waals surface area contributed by atoms with Gasteiger partial charge in [-0.1, -0.05) is 5.16 Å². The molecule has 0 amide bonds. The summed E-state index contributed by atoms with van der Waals surface area (Å²) in [7, 11) is 0. The molecule has 1 aromatic heterocycles. The maximum Gasteiger partial charge on any atom is 0.419 e. The molecule has 0 spiro atoms. The zero-order chi connectivity index (χ0) is 10.8. The molecule has 0 aliphatic rings. The van der Waals surface area contributed by atoms with Crippen molar-refractivity contribution in [3.63, 3.8) is 0 Å². The molecule has 7 heteroatoms. The van der Waals surface area contributed by atoms with E-state index in [0.717, 1.165) is 6.20 Å². The fourth-order valence-electron chi connectivity index (χ4n) is 0.824. The van der Waals surface area contributed by atoms with Gasteiger partial charge in [0.15, 0.2) is 5.82 Å². The minimum Gasteiger partial charge on any atom is -0.411 e. The highest BCUT2D eigenvalue weighted by Crippen LogP contribution is 2.31. The quantitative estimate of drug-likeness (QED) is 0.332. The smallest absolute Gasteiger partial charge is 0.411 e. The summed E-state index contributed by atoms with van der Waals surface area (Å²) in [6.45, 7) is 0. The molecule has 0 aliphatic carbocycles. The predicted molar refractivity (Wildman–Crippen MR) is 38.6 cm³/mol. The van der Waals surface area contributed by atoms with E-state index in [2.05, 4.69) is 10.1 Å². The standard InChI is InChI=1S/C7H4F4N2O/c8-6-4(7(9,10)11)1-2-12-5(6)3-13-14/h1-3,14H. The first-order chi connectivity index (χ1) is 6.46. The van der Waals surface area contributed by atoms with Crippen molar-refractivity contribution in [1.82, 2.24) is 4.98 Å². The van der Waals surface area contributed by atoms with Gasteiger partial charge in [-0.25, -0.2) is 4.39 Å². The summed E-state index contributed by atoms with van der Waals surface area (Å²) in [4.78, 5) is 3.26. The molecule has 3 nitrogen and oxygen atoms in total. The highest BCUT2D eigenvalue weighted by molar-refractivity contribution is 5.77. The highest BCUT2D eigenvalue weighted by Gasteiger charge is 2.35. The second-order valence-corrected chi connectivity index (χ2v) is 2.30. The van der Waals surface area contributed by atoms with Crippen molar-refractivity contribution in [1.29, 1.82) is 0 Å². The Balaban J connectivity index is 3.28. The van der Waals surface area contributed by atoms with E-state index in [1.807, 2.05) is 0 Å². The number of hydrogen-bond donors (Lipinski definition) is 1. The first-order valence-corrected chi connectivity index (χ1v) is 3.36. The van der Waals surface area contributed by atoms with Crippen molar-refractivity contribution in [3.05, 3.63) is 29.3 Å². The molecule has 1 aromatic rings. The number of halogens is 4. The molecular formula is C7H4F4N2O. The summed E-state index contributed by atoms with van der Waals surface area (Å²) in [5, 5.41) is 10.4. The summed E-state index contributed by atoms with van der Waals surface area (Å²) >= 11 is 0. The van der Waals surface area contributed by atoms with E-state index in [9.17, 15) is 17.6 Å². The first-order valence-electron chi connectivity index (χ1n) is 3.36. The van der Waals surface area contributed by atoms with Crippen molar-refractivity contribution in [3.8, 4) is 0 Å². The number of oxime groups is 1. The molecule has 0 bridgehead atoms. The van der Waals surface area contributed by atoms with Gasteiger partial charge in [0, 0.05) is 6.20 Å². The van der Waals surface area contributed by atoms with Crippen LogP contribution in [0.15, 0.2) is 17.4 Å². The minimum absolute atomic E-state index is 0.491. The molecular weight excluding hydrogens is 204 g/mol. The highest BCUT2D eigenvalue weighted by atomic mass is 19.4. The number of nitrogens with zero attached hydrogens (tertiary/aromatic N) is 2. The normalized spacial score (nSPS) is 12.3. The number of pyridine rings is 1. The number of alkyl halides is 3. The van der Waals surface area contributed by atoms with E-state index < -0.39 is 23.3 Å². The lowest BCUT2D eigenvalue weighted by Gasteiger charge is -2.07. The van der Waals surface area contributed by atoms with Crippen LogP contribution in [-0.2, 0) is 6.18 Å². The van der Waals surface area contributed by atoms with Crippen LogP contribution in [0.4, 0.5) is 17.6 Å². The van der Waals surface area contributed by atoms with Crippen molar-refractivity contribution in [2.24, 2.45) is 5.16 Å². The fourth-order valence-corrected chi connectivity index (χ4v) is 0.824. The van der Waals surface area contributed by atoms with E-state index >= 15 is 0 Å². The Labute approximate surface area is 75.7 Å². The molecule has 0 saturated carbocycles. The lowest BCUT2D eigenvalue weighted by Crippen LogP contribution is -2.10. The summed E-state index contributed by atoms with van der Waals surface area (Å²) in [6.07, 6.45) is -3.52. The van der Waals surface area contributed by atoms with Crippen molar-refractivity contribution < 1.29 is 22.8 Å². The Bertz CT molecular complexity index is 361. The Morgan fingerprint density at radius 1 is 1.43 bits per heavy atom. The summed E-state index contributed by atoms with van der Waals surface area (Å²) in [5.74, 6) is -1.56. The Hall–Kier alpha value is -1.66. The molecule has 0 unspecified atom stereocenters. The van der Waals surface area contributed by atoms with Gasteiger partial charge in [-0.3, -0.25) is 4.98 Å². The third-order valence-corrected chi connectivity index (χ3v) is 1.40. The lowest BCUT2D eigenvalue weighted by atomic mass is 10.2. The second kappa shape index (κ2) is 3.60. The van der Waals surface area contributed by atoms with E-state index in [1.165, 1.54) is 0 Å². The lowest BCUT2D eigenvalue weighted by molar-refractivity contribution is -0.140. The SMILES string of the molecule is ON=Cc1nccc(C(F)(F)F)c1F. The van der Waals surface area contributed by atoms with Gasteiger partial charge >= 0.3 is 6.18 Å². The van der Waals surface area contributed by atoms with E-state index in [-0.39, 0.29) is 0 Å². The van der Waals surface area contributed by atoms with Crippen LogP contribution in [0.3, 0.4) is 0 Å². The van der Waals surface area contributed by atoms with Crippen LogP contribution in [0, 0.1) is 5.82 Å². The van der Waals surface area contributed by atoms with Gasteiger partial charge in [0.1, 0.15) is 5.69 Å². The number of hydrogen-bond acceptors (Lipinski definition) is 3. The van der Waals surface area contributed by atoms with Crippen LogP contribution in [0.1, 0.15) is 11.3 Å². The summed E-state index contributed by atoms with van der Waals surface area (Å²) in [5.41, 5.74) is -2.11. The third-order valence-electron chi connectivity index (χ3n) is 1.40. The number of aromatic nitrogens is 1. The molecule has 0 aromatic carbocycles. The van der Waals surface area contributed by atoms with E-state index in [0.29, 0.717) is 12.3 Å². The van der Waals surface area contributed by atoms with Gasteiger partial charge < -0.3 is 5.21 Å². The Morgan fingerprint density at radius 2 is 2.07 bits per heavy atom. The van der Waals surface area contributed by atoms with E-state index in [1.54, 1.807) is 0 Å². The van der Waals surface area contributed by atoms with Crippen molar-refractivity contribution in [2.75, 3.05) is 0 Å². The molecule has 1 heterocycles. The molecule has 14 heavy (non-hydrogen) atoms. The number of rotatable bonds is 1. The topological polar surface area (TPSA) is 45.5 Å². The van der Waals surface area contributed by atoms with Gasteiger partial charge in [-0.05, 0) is 6.07 Å². The molecule has 76 valence electrons. The van der Waals surface area contributed by atoms with Gasteiger partial charge in [0.2, 0.25) is 0 Å². The second-order valence-electron chi connectivity index (χ2n) is 2.30. The molecule has 0 atom stereocenters. The Morgan fingerprint density at radius 3 is 2.57 bits per heavy atom.